The van der Waals surface area contributed by atoms with Crippen LogP contribution >= 0.6 is 0 Å². The van der Waals surface area contributed by atoms with Crippen LogP contribution in [0, 0.1) is 0 Å². The van der Waals surface area contributed by atoms with Crippen molar-refractivity contribution in [2.24, 2.45) is 0 Å². The van der Waals surface area contributed by atoms with E-state index in [1.807, 2.05) is 0 Å². The lowest BCUT2D eigenvalue weighted by molar-refractivity contribution is 0.394. The first-order valence-corrected chi connectivity index (χ1v) is 3.61. The van der Waals surface area contributed by atoms with Gasteiger partial charge in [-0.05, 0) is 19.9 Å². The number of hydrogen-bond donors (Lipinski definition) is 1. The van der Waals surface area contributed by atoms with Crippen LogP contribution < -0.4 is 5.32 Å². The fraction of sp³-hybridized carbons (Fsp3) is 1.00. The Kier molecular flexibility index (Phi) is 8.92. The first-order chi connectivity index (χ1) is 3.93. The van der Waals surface area contributed by atoms with Crippen LogP contribution in [0.15, 0.2) is 0 Å². The summed E-state index contributed by atoms with van der Waals surface area (Å²) in [6.07, 6.45) is 7.13. The van der Waals surface area contributed by atoms with Crippen LogP contribution in [-0.2, 0) is 0 Å². The Morgan fingerprint density at radius 1 is 1.00 bits per heavy atom. The summed E-state index contributed by atoms with van der Waals surface area (Å²) < 4.78 is 0. The Morgan fingerprint density at radius 2 is 1.50 bits per heavy atom. The van der Waals surface area contributed by atoms with Crippen LogP contribution in [0.4, 0.5) is 0 Å². The van der Waals surface area contributed by atoms with Crippen molar-refractivity contribution in [3.63, 3.8) is 0 Å². The van der Waals surface area contributed by atoms with E-state index in [0.717, 1.165) is 6.04 Å². The van der Waals surface area contributed by atoms with Gasteiger partial charge in [0.2, 0.25) is 0 Å². The molecule has 0 aromatic rings. The van der Waals surface area contributed by atoms with Crippen LogP contribution in [0.25, 0.3) is 0 Å². The van der Waals surface area contributed by atoms with Gasteiger partial charge in [-0.2, -0.15) is 0 Å². The standard InChI is InChI=1S/C7H15N.2CH4/c1-8-7-5-3-2-4-6-7;;/h7-8H,2-6H2,1H3;2*1H4. The van der Waals surface area contributed by atoms with Gasteiger partial charge in [-0.3, -0.25) is 0 Å². The lowest BCUT2D eigenvalue weighted by atomic mass is 9.96. The van der Waals surface area contributed by atoms with Crippen molar-refractivity contribution < 1.29 is 0 Å². The molecule has 1 saturated carbocycles. The smallest absolute Gasteiger partial charge is 0.00640 e. The first-order valence-electron chi connectivity index (χ1n) is 3.61. The van der Waals surface area contributed by atoms with Gasteiger partial charge in [0.05, 0.1) is 0 Å². The SMILES string of the molecule is C.C.CNC1CCCCC1. The summed E-state index contributed by atoms with van der Waals surface area (Å²) in [7, 11) is 2.07. The summed E-state index contributed by atoms with van der Waals surface area (Å²) in [4.78, 5) is 0. The van der Waals surface area contributed by atoms with Gasteiger partial charge in [-0.25, -0.2) is 0 Å². The van der Waals surface area contributed by atoms with E-state index in [9.17, 15) is 0 Å². The maximum absolute atomic E-state index is 3.30. The van der Waals surface area contributed by atoms with Gasteiger partial charge in [0, 0.05) is 6.04 Å². The van der Waals surface area contributed by atoms with Gasteiger partial charge >= 0.3 is 0 Å². The average molecular weight is 145 g/mol. The van der Waals surface area contributed by atoms with Gasteiger partial charge in [-0.15, -0.1) is 0 Å². The molecule has 0 aliphatic heterocycles. The van der Waals surface area contributed by atoms with E-state index in [2.05, 4.69) is 12.4 Å². The summed E-state index contributed by atoms with van der Waals surface area (Å²) in [5.41, 5.74) is 0. The van der Waals surface area contributed by atoms with Gasteiger partial charge in [-0.1, -0.05) is 34.1 Å². The zero-order valence-electron chi connectivity index (χ0n) is 5.61. The maximum Gasteiger partial charge on any atom is 0.00640 e. The summed E-state index contributed by atoms with van der Waals surface area (Å²) in [6, 6.07) is 0.837. The zero-order chi connectivity index (χ0) is 5.82. The summed E-state index contributed by atoms with van der Waals surface area (Å²) >= 11 is 0. The second kappa shape index (κ2) is 7.07. The van der Waals surface area contributed by atoms with Gasteiger partial charge in [0.1, 0.15) is 0 Å². The molecule has 10 heavy (non-hydrogen) atoms. The molecule has 0 aromatic heterocycles. The van der Waals surface area contributed by atoms with E-state index in [0.29, 0.717) is 0 Å². The summed E-state index contributed by atoms with van der Waals surface area (Å²) in [5, 5.41) is 3.30. The van der Waals surface area contributed by atoms with Crippen molar-refractivity contribution in [3.05, 3.63) is 0 Å². The molecular weight excluding hydrogens is 122 g/mol. The predicted molar refractivity (Wildman–Crippen MR) is 49.4 cm³/mol. The Morgan fingerprint density at radius 3 is 1.80 bits per heavy atom. The number of nitrogens with one attached hydrogen (secondary N) is 1. The third-order valence-corrected chi connectivity index (χ3v) is 2.01. The maximum atomic E-state index is 3.30. The van der Waals surface area contributed by atoms with Crippen LogP contribution in [0.3, 0.4) is 0 Å². The molecule has 1 nitrogen and oxygen atoms in total. The predicted octanol–water partition coefficient (Wildman–Crippen LogP) is 2.81. The molecule has 0 atom stereocenters. The fourth-order valence-corrected chi connectivity index (χ4v) is 1.39. The highest BCUT2D eigenvalue weighted by Gasteiger charge is 2.09. The van der Waals surface area contributed by atoms with E-state index in [-0.39, 0.29) is 14.9 Å². The van der Waals surface area contributed by atoms with Crippen molar-refractivity contribution in [1.29, 1.82) is 0 Å². The molecule has 1 rings (SSSR count). The van der Waals surface area contributed by atoms with Gasteiger partial charge < -0.3 is 5.32 Å². The second-order valence-electron chi connectivity index (χ2n) is 2.62. The molecule has 1 aliphatic rings. The summed E-state index contributed by atoms with van der Waals surface area (Å²) in [5.74, 6) is 0. The molecule has 0 heterocycles. The Hall–Kier alpha value is -0.0400. The molecule has 0 spiro atoms. The van der Waals surface area contributed by atoms with Crippen molar-refractivity contribution in [2.45, 2.75) is 53.0 Å². The number of hydrogen-bond acceptors (Lipinski definition) is 1. The second-order valence-corrected chi connectivity index (χ2v) is 2.62. The van der Waals surface area contributed by atoms with Crippen molar-refractivity contribution in [1.82, 2.24) is 5.32 Å². The van der Waals surface area contributed by atoms with Gasteiger partial charge in [0.15, 0.2) is 0 Å². The Labute approximate surface area is 66.2 Å². The molecule has 0 unspecified atom stereocenters. The van der Waals surface area contributed by atoms with Crippen molar-refractivity contribution in [3.8, 4) is 0 Å². The van der Waals surface area contributed by atoms with Crippen LogP contribution in [0.5, 0.6) is 0 Å². The van der Waals surface area contributed by atoms with E-state index in [4.69, 9.17) is 0 Å². The number of rotatable bonds is 1. The molecule has 0 bridgehead atoms. The van der Waals surface area contributed by atoms with Crippen molar-refractivity contribution >= 4 is 0 Å². The van der Waals surface area contributed by atoms with E-state index in [1.54, 1.807) is 0 Å². The highest BCUT2D eigenvalue weighted by Crippen LogP contribution is 2.16. The molecular formula is C9H23N. The Balaban J connectivity index is 0. The summed E-state index contributed by atoms with van der Waals surface area (Å²) in [6.45, 7) is 0. The molecule has 1 N–H and O–H groups in total. The third-order valence-electron chi connectivity index (χ3n) is 2.01. The molecule has 1 aliphatic carbocycles. The van der Waals surface area contributed by atoms with Crippen LogP contribution in [0.2, 0.25) is 0 Å². The molecule has 0 radical (unpaired) electrons. The largest absolute Gasteiger partial charge is 0.317 e. The molecule has 64 valence electrons. The zero-order valence-corrected chi connectivity index (χ0v) is 5.61. The van der Waals surface area contributed by atoms with E-state index in [1.165, 1.54) is 32.1 Å². The average Bonchev–Trinajstić information content (AvgIpc) is 1.90. The lowest BCUT2D eigenvalue weighted by Gasteiger charge is -2.20. The monoisotopic (exact) mass is 145 g/mol. The van der Waals surface area contributed by atoms with E-state index < -0.39 is 0 Å². The van der Waals surface area contributed by atoms with Crippen LogP contribution in [0.1, 0.15) is 47.0 Å². The molecule has 0 saturated heterocycles. The minimum Gasteiger partial charge on any atom is -0.317 e. The first kappa shape index (κ1) is 12.6. The minimum atomic E-state index is 0. The Bertz CT molecular complexity index is 55.7. The van der Waals surface area contributed by atoms with Gasteiger partial charge in [0.25, 0.3) is 0 Å². The van der Waals surface area contributed by atoms with E-state index >= 15 is 0 Å². The third kappa shape index (κ3) is 3.89. The topological polar surface area (TPSA) is 12.0 Å². The lowest BCUT2D eigenvalue weighted by Crippen LogP contribution is -2.26. The van der Waals surface area contributed by atoms with Crippen molar-refractivity contribution in [2.75, 3.05) is 7.05 Å². The van der Waals surface area contributed by atoms with Crippen LogP contribution in [-0.4, -0.2) is 13.1 Å². The molecule has 0 aromatic carbocycles. The highest BCUT2D eigenvalue weighted by molar-refractivity contribution is 4.68. The highest BCUT2D eigenvalue weighted by atomic mass is 14.9. The quantitative estimate of drug-likeness (QED) is 0.598. The normalized spacial score (nSPS) is 18.9. The molecule has 1 fully saturated rings. The molecule has 1 heteroatoms. The minimum absolute atomic E-state index is 0. The molecule has 0 amide bonds. The fourth-order valence-electron chi connectivity index (χ4n) is 1.39.